The summed E-state index contributed by atoms with van der Waals surface area (Å²) in [5.74, 6) is 1.49. The topological polar surface area (TPSA) is 25.8 Å². The van der Waals surface area contributed by atoms with E-state index in [-0.39, 0.29) is 5.95 Å². The molecular weight excluding hydrogens is 347 g/mol. The van der Waals surface area contributed by atoms with Gasteiger partial charge in [0.25, 0.3) is 0 Å². The van der Waals surface area contributed by atoms with Gasteiger partial charge >= 0.3 is 0 Å². The Labute approximate surface area is 170 Å². The molecule has 2 aromatic rings. The zero-order chi connectivity index (χ0) is 19.8. The molecule has 3 heteroatoms. The first-order valence-corrected chi connectivity index (χ1v) is 11.3. The molecule has 1 aliphatic carbocycles. The molecule has 1 heterocycles. The van der Waals surface area contributed by atoms with Crippen LogP contribution in [0.25, 0.3) is 11.1 Å². The Bertz CT molecular complexity index is 718. The Morgan fingerprint density at radius 3 is 2.29 bits per heavy atom. The van der Waals surface area contributed by atoms with Crippen LogP contribution in [0.4, 0.5) is 4.39 Å². The van der Waals surface area contributed by atoms with E-state index >= 15 is 0 Å². The molecule has 0 amide bonds. The monoisotopic (exact) mass is 382 g/mol. The molecule has 1 fully saturated rings. The predicted octanol–water partition coefficient (Wildman–Crippen LogP) is 7.48. The Morgan fingerprint density at radius 2 is 1.64 bits per heavy atom. The number of benzene rings is 1. The lowest BCUT2D eigenvalue weighted by molar-refractivity contribution is 0.296. The molecule has 28 heavy (non-hydrogen) atoms. The fraction of sp³-hybridized carbons (Fsp3) is 0.600. The Balaban J connectivity index is 1.60. The lowest BCUT2D eigenvalue weighted by atomic mass is 9.79. The van der Waals surface area contributed by atoms with E-state index in [0.29, 0.717) is 17.3 Å². The fourth-order valence-electron chi connectivity index (χ4n) is 4.39. The quantitative estimate of drug-likeness (QED) is 0.332. The number of rotatable bonds is 9. The summed E-state index contributed by atoms with van der Waals surface area (Å²) in [6, 6.07) is 8.18. The van der Waals surface area contributed by atoms with Gasteiger partial charge in [-0.25, -0.2) is 9.97 Å². The summed E-state index contributed by atoms with van der Waals surface area (Å²) >= 11 is 0. The van der Waals surface area contributed by atoms with Crippen LogP contribution < -0.4 is 0 Å². The van der Waals surface area contributed by atoms with E-state index in [1.165, 1.54) is 56.9 Å². The van der Waals surface area contributed by atoms with E-state index in [0.717, 1.165) is 30.7 Å². The van der Waals surface area contributed by atoms with E-state index in [4.69, 9.17) is 0 Å². The van der Waals surface area contributed by atoms with E-state index in [2.05, 4.69) is 35.9 Å². The first-order chi connectivity index (χ1) is 13.7. The highest BCUT2D eigenvalue weighted by Crippen LogP contribution is 2.37. The summed E-state index contributed by atoms with van der Waals surface area (Å²) in [5, 5.41) is 0. The minimum absolute atomic E-state index is 0.322. The molecule has 1 aromatic heterocycles. The molecule has 0 spiro atoms. The van der Waals surface area contributed by atoms with Crippen LogP contribution in [0.1, 0.15) is 95.4 Å². The van der Waals surface area contributed by atoms with Crippen LogP contribution in [-0.4, -0.2) is 9.97 Å². The summed E-state index contributed by atoms with van der Waals surface area (Å²) in [6.45, 7) is 4.45. The van der Waals surface area contributed by atoms with Crippen LogP contribution in [0.3, 0.4) is 0 Å². The summed E-state index contributed by atoms with van der Waals surface area (Å²) in [6.07, 6.45) is 15.1. The lowest BCUT2D eigenvalue weighted by Crippen LogP contribution is -2.16. The zero-order valence-corrected chi connectivity index (χ0v) is 17.6. The molecule has 0 bridgehead atoms. The molecule has 0 atom stereocenters. The molecule has 1 aliphatic rings. The minimum Gasteiger partial charge on any atom is -0.240 e. The van der Waals surface area contributed by atoms with Gasteiger partial charge in [-0.3, -0.25) is 0 Å². The maximum atomic E-state index is 14.7. The van der Waals surface area contributed by atoms with Gasteiger partial charge in [-0.1, -0.05) is 70.2 Å². The Hall–Kier alpha value is -1.77. The standard InChI is InChI=1S/C25H35FN2/c1-3-5-7-9-20-12-16-22(17-13-20)25-27-18-23(24(26)28-25)21-14-10-19(11-15-21)8-6-4-2/h10-11,14-15,18,20,22H,3-9,12-13,16-17H2,1-2H3/t20-,22-. The minimum atomic E-state index is -0.378. The summed E-state index contributed by atoms with van der Waals surface area (Å²) in [5.41, 5.74) is 2.68. The maximum Gasteiger partial charge on any atom is 0.224 e. The SMILES string of the molecule is CCCCC[C@H]1CC[C@H](c2ncc(-c3ccc(CCCC)cc3)c(F)n2)CC1. The van der Waals surface area contributed by atoms with Crippen LogP contribution in [0.15, 0.2) is 30.5 Å². The predicted molar refractivity (Wildman–Crippen MR) is 115 cm³/mol. The zero-order valence-electron chi connectivity index (χ0n) is 17.6. The third-order valence-corrected chi connectivity index (χ3v) is 6.27. The third-order valence-electron chi connectivity index (χ3n) is 6.27. The molecule has 3 rings (SSSR count). The highest BCUT2D eigenvalue weighted by molar-refractivity contribution is 5.62. The van der Waals surface area contributed by atoms with E-state index in [1.54, 1.807) is 6.20 Å². The van der Waals surface area contributed by atoms with Gasteiger partial charge in [0.15, 0.2) is 0 Å². The van der Waals surface area contributed by atoms with Crippen molar-refractivity contribution in [1.29, 1.82) is 0 Å². The van der Waals surface area contributed by atoms with Crippen molar-refractivity contribution in [2.75, 3.05) is 0 Å². The first kappa shape index (κ1) is 21.0. The average molecular weight is 383 g/mol. The van der Waals surface area contributed by atoms with Crippen molar-refractivity contribution < 1.29 is 4.39 Å². The van der Waals surface area contributed by atoms with Gasteiger partial charge in [0.1, 0.15) is 5.82 Å². The number of hydrogen-bond acceptors (Lipinski definition) is 2. The normalized spacial score (nSPS) is 19.7. The van der Waals surface area contributed by atoms with E-state index < -0.39 is 0 Å². The van der Waals surface area contributed by atoms with Crippen molar-refractivity contribution in [3.05, 3.63) is 47.8 Å². The van der Waals surface area contributed by atoms with Crippen molar-refractivity contribution in [2.24, 2.45) is 5.92 Å². The number of halogens is 1. The summed E-state index contributed by atoms with van der Waals surface area (Å²) < 4.78 is 14.7. The molecule has 0 unspecified atom stereocenters. The second-order valence-corrected chi connectivity index (χ2v) is 8.45. The number of aromatic nitrogens is 2. The molecule has 152 valence electrons. The second-order valence-electron chi connectivity index (χ2n) is 8.45. The smallest absolute Gasteiger partial charge is 0.224 e. The summed E-state index contributed by atoms with van der Waals surface area (Å²) in [4.78, 5) is 8.83. The number of hydrogen-bond donors (Lipinski definition) is 0. The van der Waals surface area contributed by atoms with Crippen molar-refractivity contribution in [1.82, 2.24) is 9.97 Å². The molecule has 0 N–H and O–H groups in total. The van der Waals surface area contributed by atoms with E-state index in [9.17, 15) is 4.39 Å². The Morgan fingerprint density at radius 1 is 0.929 bits per heavy atom. The summed E-state index contributed by atoms with van der Waals surface area (Å²) in [7, 11) is 0. The second kappa shape index (κ2) is 10.7. The van der Waals surface area contributed by atoms with E-state index in [1.807, 2.05) is 12.1 Å². The van der Waals surface area contributed by atoms with Crippen LogP contribution in [0, 0.1) is 11.9 Å². The number of aryl methyl sites for hydroxylation is 1. The van der Waals surface area contributed by atoms with Crippen molar-refractivity contribution in [3.63, 3.8) is 0 Å². The molecule has 0 aliphatic heterocycles. The highest BCUT2D eigenvalue weighted by atomic mass is 19.1. The largest absolute Gasteiger partial charge is 0.240 e. The van der Waals surface area contributed by atoms with Gasteiger partial charge in [-0.15, -0.1) is 0 Å². The molecule has 0 radical (unpaired) electrons. The molecule has 2 nitrogen and oxygen atoms in total. The highest BCUT2D eigenvalue weighted by Gasteiger charge is 2.24. The van der Waals surface area contributed by atoms with Gasteiger partial charge in [0.2, 0.25) is 5.95 Å². The Kier molecular flexibility index (Phi) is 8.00. The van der Waals surface area contributed by atoms with Gasteiger partial charge in [-0.05, 0) is 55.6 Å². The lowest BCUT2D eigenvalue weighted by Gasteiger charge is -2.27. The van der Waals surface area contributed by atoms with Gasteiger partial charge in [-0.2, -0.15) is 4.39 Å². The van der Waals surface area contributed by atoms with Crippen LogP contribution >= 0.6 is 0 Å². The number of nitrogens with zero attached hydrogens (tertiary/aromatic N) is 2. The molecular formula is C25H35FN2. The van der Waals surface area contributed by atoms with Gasteiger partial charge < -0.3 is 0 Å². The average Bonchev–Trinajstić information content (AvgIpc) is 2.73. The third kappa shape index (κ3) is 5.62. The van der Waals surface area contributed by atoms with Crippen molar-refractivity contribution in [3.8, 4) is 11.1 Å². The van der Waals surface area contributed by atoms with Gasteiger partial charge in [0, 0.05) is 12.1 Å². The molecule has 1 aromatic carbocycles. The van der Waals surface area contributed by atoms with Crippen LogP contribution in [0.2, 0.25) is 0 Å². The fourth-order valence-corrected chi connectivity index (χ4v) is 4.39. The number of unbranched alkanes of at least 4 members (excludes halogenated alkanes) is 3. The maximum absolute atomic E-state index is 14.7. The van der Waals surface area contributed by atoms with Crippen molar-refractivity contribution >= 4 is 0 Å². The van der Waals surface area contributed by atoms with Crippen LogP contribution in [0.5, 0.6) is 0 Å². The van der Waals surface area contributed by atoms with Crippen molar-refractivity contribution in [2.45, 2.75) is 90.4 Å². The molecule has 1 saturated carbocycles. The first-order valence-electron chi connectivity index (χ1n) is 11.3. The van der Waals surface area contributed by atoms with Crippen LogP contribution in [-0.2, 0) is 6.42 Å². The van der Waals surface area contributed by atoms with Gasteiger partial charge in [0.05, 0.1) is 5.56 Å². The molecule has 0 saturated heterocycles.